The van der Waals surface area contributed by atoms with Crippen molar-refractivity contribution in [2.24, 2.45) is 0 Å². The van der Waals surface area contributed by atoms with Gasteiger partial charge in [-0.25, -0.2) is 0 Å². The molecule has 0 spiro atoms. The van der Waals surface area contributed by atoms with Gasteiger partial charge in [0.2, 0.25) is 0 Å². The van der Waals surface area contributed by atoms with E-state index >= 15 is 0 Å². The zero-order valence-electron chi connectivity index (χ0n) is 8.75. The molecule has 0 unspecified atom stereocenters. The van der Waals surface area contributed by atoms with Crippen molar-refractivity contribution >= 4 is 5.69 Å². The fraction of sp³-hybridized carbons (Fsp3) is 0.200. The van der Waals surface area contributed by atoms with Gasteiger partial charge in [0.25, 0.3) is 11.7 Å². The van der Waals surface area contributed by atoms with Crippen LogP contribution in [0.4, 0.5) is 18.9 Å². The third-order valence-electron chi connectivity index (χ3n) is 2.23. The first kappa shape index (κ1) is 11.4. The Kier molecular flexibility index (Phi) is 2.53. The molecule has 1 aromatic carbocycles. The number of nitrogens with zero attached hydrogens (tertiary/aromatic N) is 2. The Hall–Kier alpha value is -2.05. The molecule has 0 aliphatic carbocycles. The van der Waals surface area contributed by atoms with Gasteiger partial charge in [0.05, 0.1) is 5.56 Å². The summed E-state index contributed by atoms with van der Waals surface area (Å²) in [7, 11) is 0. The van der Waals surface area contributed by atoms with E-state index in [4.69, 9.17) is 5.73 Å². The van der Waals surface area contributed by atoms with Crippen LogP contribution in [-0.2, 0) is 6.18 Å². The molecule has 1 aromatic heterocycles. The monoisotopic (exact) mass is 243 g/mol. The molecule has 0 fully saturated rings. The van der Waals surface area contributed by atoms with E-state index < -0.39 is 12.0 Å². The number of aromatic nitrogens is 2. The number of anilines is 1. The van der Waals surface area contributed by atoms with E-state index in [1.54, 1.807) is 19.1 Å². The van der Waals surface area contributed by atoms with Crippen LogP contribution in [-0.4, -0.2) is 10.1 Å². The fourth-order valence-corrected chi connectivity index (χ4v) is 1.32. The Balaban J connectivity index is 2.48. The van der Waals surface area contributed by atoms with Crippen LogP contribution in [0.25, 0.3) is 11.5 Å². The van der Waals surface area contributed by atoms with Gasteiger partial charge >= 0.3 is 6.18 Å². The smallest absolute Gasteiger partial charge is 0.398 e. The van der Waals surface area contributed by atoms with E-state index in [0.29, 0.717) is 11.3 Å². The molecule has 2 aromatic rings. The van der Waals surface area contributed by atoms with Gasteiger partial charge in [-0.3, -0.25) is 0 Å². The number of rotatable bonds is 1. The summed E-state index contributed by atoms with van der Waals surface area (Å²) >= 11 is 0. The summed E-state index contributed by atoms with van der Waals surface area (Å²) in [5.74, 6) is -1.55. The maximum atomic E-state index is 12.3. The highest BCUT2D eigenvalue weighted by Gasteiger charge is 2.37. The van der Waals surface area contributed by atoms with E-state index in [1.165, 1.54) is 6.07 Å². The van der Waals surface area contributed by atoms with Crippen LogP contribution in [0, 0.1) is 6.92 Å². The summed E-state index contributed by atoms with van der Waals surface area (Å²) in [6, 6.07) is 4.91. The first-order valence-electron chi connectivity index (χ1n) is 4.66. The summed E-state index contributed by atoms with van der Waals surface area (Å²) < 4.78 is 41.4. The molecule has 2 N–H and O–H groups in total. The van der Waals surface area contributed by atoms with Crippen LogP contribution >= 0.6 is 0 Å². The summed E-state index contributed by atoms with van der Waals surface area (Å²) in [5.41, 5.74) is 7.08. The average Bonchev–Trinajstić information content (AvgIpc) is 2.70. The van der Waals surface area contributed by atoms with Crippen molar-refractivity contribution in [1.29, 1.82) is 0 Å². The minimum Gasteiger partial charge on any atom is -0.398 e. The van der Waals surface area contributed by atoms with E-state index in [-0.39, 0.29) is 5.89 Å². The Morgan fingerprint density at radius 3 is 2.59 bits per heavy atom. The SMILES string of the molecule is Cc1cccc(-c2nc(C(F)(F)F)no2)c1N. The van der Waals surface area contributed by atoms with Crippen molar-refractivity contribution < 1.29 is 17.7 Å². The molecule has 0 amide bonds. The van der Waals surface area contributed by atoms with Gasteiger partial charge in [-0.1, -0.05) is 17.3 Å². The molecule has 0 bridgehead atoms. The van der Waals surface area contributed by atoms with Gasteiger partial charge in [0.15, 0.2) is 0 Å². The third-order valence-corrected chi connectivity index (χ3v) is 2.23. The van der Waals surface area contributed by atoms with Crippen LogP contribution in [0.3, 0.4) is 0 Å². The second-order valence-corrected chi connectivity index (χ2v) is 3.46. The van der Waals surface area contributed by atoms with Gasteiger partial charge in [-0.05, 0) is 18.6 Å². The van der Waals surface area contributed by atoms with Gasteiger partial charge < -0.3 is 10.3 Å². The van der Waals surface area contributed by atoms with Gasteiger partial charge in [-0.15, -0.1) is 0 Å². The molecule has 0 saturated heterocycles. The second kappa shape index (κ2) is 3.76. The van der Waals surface area contributed by atoms with Crippen molar-refractivity contribution in [2.45, 2.75) is 13.1 Å². The average molecular weight is 243 g/mol. The number of nitrogen functional groups attached to an aromatic ring is 1. The number of nitrogens with two attached hydrogens (primary N) is 1. The van der Waals surface area contributed by atoms with Crippen molar-refractivity contribution in [3.8, 4) is 11.5 Å². The van der Waals surface area contributed by atoms with E-state index in [0.717, 1.165) is 5.56 Å². The highest BCUT2D eigenvalue weighted by molar-refractivity contribution is 5.73. The molecule has 2 rings (SSSR count). The lowest BCUT2D eigenvalue weighted by atomic mass is 10.1. The third kappa shape index (κ3) is 2.08. The maximum absolute atomic E-state index is 12.3. The van der Waals surface area contributed by atoms with E-state index in [1.807, 2.05) is 0 Å². The van der Waals surface area contributed by atoms with Crippen LogP contribution in [0.5, 0.6) is 0 Å². The highest BCUT2D eigenvalue weighted by Crippen LogP contribution is 2.31. The second-order valence-electron chi connectivity index (χ2n) is 3.46. The van der Waals surface area contributed by atoms with Gasteiger partial charge in [-0.2, -0.15) is 18.2 Å². The first-order valence-corrected chi connectivity index (χ1v) is 4.66. The molecule has 0 aliphatic heterocycles. The van der Waals surface area contributed by atoms with Crippen LogP contribution < -0.4 is 5.73 Å². The summed E-state index contributed by atoms with van der Waals surface area (Å²) in [6.07, 6.45) is -4.62. The molecular weight excluding hydrogens is 235 g/mol. The number of para-hydroxylation sites is 1. The molecule has 1 heterocycles. The van der Waals surface area contributed by atoms with E-state index in [9.17, 15) is 13.2 Å². The highest BCUT2D eigenvalue weighted by atomic mass is 19.4. The lowest BCUT2D eigenvalue weighted by Gasteiger charge is -2.03. The Bertz CT molecular complexity index is 548. The fourth-order valence-electron chi connectivity index (χ4n) is 1.32. The van der Waals surface area contributed by atoms with Crippen molar-refractivity contribution in [2.75, 3.05) is 5.73 Å². The molecule has 90 valence electrons. The molecular formula is C10H8F3N3O. The van der Waals surface area contributed by atoms with Crippen molar-refractivity contribution in [1.82, 2.24) is 10.1 Å². The molecule has 0 radical (unpaired) electrons. The number of hydrogen-bond acceptors (Lipinski definition) is 4. The quantitative estimate of drug-likeness (QED) is 0.782. The summed E-state index contributed by atoms with van der Waals surface area (Å²) in [6.45, 7) is 1.74. The topological polar surface area (TPSA) is 64.9 Å². The molecule has 0 saturated carbocycles. The normalized spacial score (nSPS) is 11.8. The van der Waals surface area contributed by atoms with E-state index in [2.05, 4.69) is 14.7 Å². The lowest BCUT2D eigenvalue weighted by Crippen LogP contribution is -2.07. The van der Waals surface area contributed by atoms with Crippen LogP contribution in [0.15, 0.2) is 22.7 Å². The Labute approximate surface area is 94.2 Å². The maximum Gasteiger partial charge on any atom is 0.455 e. The predicted molar refractivity (Wildman–Crippen MR) is 53.9 cm³/mol. The van der Waals surface area contributed by atoms with Crippen molar-refractivity contribution in [3.63, 3.8) is 0 Å². The molecule has 7 heteroatoms. The Morgan fingerprint density at radius 2 is 2.00 bits per heavy atom. The summed E-state index contributed by atoms with van der Waals surface area (Å²) in [4.78, 5) is 3.27. The number of alkyl halides is 3. The zero-order chi connectivity index (χ0) is 12.6. The molecule has 0 aliphatic rings. The molecule has 4 nitrogen and oxygen atoms in total. The Morgan fingerprint density at radius 1 is 1.29 bits per heavy atom. The molecule has 17 heavy (non-hydrogen) atoms. The van der Waals surface area contributed by atoms with Crippen molar-refractivity contribution in [3.05, 3.63) is 29.6 Å². The van der Waals surface area contributed by atoms with Gasteiger partial charge in [0, 0.05) is 5.69 Å². The lowest BCUT2D eigenvalue weighted by molar-refractivity contribution is -0.146. The number of hydrogen-bond donors (Lipinski definition) is 1. The minimum absolute atomic E-state index is 0.237. The zero-order valence-corrected chi connectivity index (χ0v) is 8.75. The van der Waals surface area contributed by atoms with Crippen LogP contribution in [0.2, 0.25) is 0 Å². The predicted octanol–water partition coefficient (Wildman–Crippen LogP) is 2.65. The molecule has 0 atom stereocenters. The number of halogens is 3. The standard InChI is InChI=1S/C10H8F3N3O/c1-5-3-2-4-6(7(5)14)8-15-9(16-17-8)10(11,12)13/h2-4H,14H2,1H3. The largest absolute Gasteiger partial charge is 0.455 e. The number of benzene rings is 1. The number of aryl methyl sites for hydroxylation is 1. The first-order chi connectivity index (χ1) is 7.89. The minimum atomic E-state index is -4.62. The van der Waals surface area contributed by atoms with Crippen LogP contribution in [0.1, 0.15) is 11.4 Å². The summed E-state index contributed by atoms with van der Waals surface area (Å²) in [5, 5.41) is 2.87. The van der Waals surface area contributed by atoms with Gasteiger partial charge in [0.1, 0.15) is 0 Å².